The van der Waals surface area contributed by atoms with Gasteiger partial charge < -0.3 is 24.8 Å². The van der Waals surface area contributed by atoms with Crippen LogP contribution in [0.15, 0.2) is 60.7 Å². The lowest BCUT2D eigenvalue weighted by molar-refractivity contribution is -0.114. The zero-order valence-corrected chi connectivity index (χ0v) is 18.7. The molecule has 0 aliphatic carbocycles. The van der Waals surface area contributed by atoms with Crippen LogP contribution in [0.3, 0.4) is 0 Å². The monoisotopic (exact) mass is 454 g/mol. The lowest BCUT2D eigenvalue weighted by Crippen LogP contribution is -2.14. The van der Waals surface area contributed by atoms with Crippen LogP contribution in [0.1, 0.15) is 22.8 Å². The predicted octanol–water partition coefficient (Wildman–Crippen LogP) is 5.15. The molecule has 0 aliphatic heterocycles. The van der Waals surface area contributed by atoms with Crippen molar-refractivity contribution in [1.82, 2.24) is 0 Å². The van der Waals surface area contributed by atoms with E-state index < -0.39 is 0 Å². The standard InChI is InChI=1S/C24H23ClN2O5/c1-15(28)26-19-9-11-21(30-2)20(13-19)27-24(29)17-6-10-22(23(12-17)31-3)32-14-16-4-7-18(25)8-5-16/h4-13H,14H2,1-3H3,(H,26,28)(H,27,29). The Balaban J connectivity index is 1.75. The molecular formula is C24H23ClN2O5. The molecule has 0 bridgehead atoms. The van der Waals surface area contributed by atoms with Crippen molar-refractivity contribution in [3.63, 3.8) is 0 Å². The van der Waals surface area contributed by atoms with Crippen molar-refractivity contribution < 1.29 is 23.8 Å². The van der Waals surface area contributed by atoms with E-state index in [0.29, 0.717) is 45.8 Å². The molecule has 8 heteroatoms. The smallest absolute Gasteiger partial charge is 0.255 e. The second-order valence-electron chi connectivity index (χ2n) is 6.83. The Hall–Kier alpha value is -3.71. The highest BCUT2D eigenvalue weighted by Gasteiger charge is 2.14. The van der Waals surface area contributed by atoms with Crippen LogP contribution < -0.4 is 24.8 Å². The van der Waals surface area contributed by atoms with E-state index >= 15 is 0 Å². The van der Waals surface area contributed by atoms with Crippen LogP contribution in [0.2, 0.25) is 5.02 Å². The molecule has 2 amide bonds. The highest BCUT2D eigenvalue weighted by Crippen LogP contribution is 2.31. The highest BCUT2D eigenvalue weighted by atomic mass is 35.5. The molecule has 7 nitrogen and oxygen atoms in total. The summed E-state index contributed by atoms with van der Waals surface area (Å²) in [7, 11) is 3.00. The Morgan fingerprint density at radius 2 is 1.53 bits per heavy atom. The number of benzene rings is 3. The van der Waals surface area contributed by atoms with Crippen molar-refractivity contribution in [2.24, 2.45) is 0 Å². The molecule has 0 aliphatic rings. The van der Waals surface area contributed by atoms with E-state index in [1.165, 1.54) is 21.1 Å². The summed E-state index contributed by atoms with van der Waals surface area (Å²) in [5.41, 5.74) is 2.28. The number of carbonyl (C=O) groups excluding carboxylic acids is 2. The molecule has 0 fully saturated rings. The molecule has 0 atom stereocenters. The largest absolute Gasteiger partial charge is 0.495 e. The van der Waals surface area contributed by atoms with E-state index in [9.17, 15) is 9.59 Å². The summed E-state index contributed by atoms with van der Waals surface area (Å²) < 4.78 is 16.5. The van der Waals surface area contributed by atoms with Gasteiger partial charge in [0.2, 0.25) is 5.91 Å². The van der Waals surface area contributed by atoms with E-state index in [1.807, 2.05) is 12.1 Å². The molecule has 0 saturated carbocycles. The van der Waals surface area contributed by atoms with Gasteiger partial charge in [-0.05, 0) is 54.1 Å². The van der Waals surface area contributed by atoms with Gasteiger partial charge in [-0.3, -0.25) is 9.59 Å². The maximum absolute atomic E-state index is 12.8. The first-order chi connectivity index (χ1) is 15.4. The van der Waals surface area contributed by atoms with Crippen molar-refractivity contribution in [2.75, 3.05) is 24.9 Å². The number of halogens is 1. The molecule has 3 aromatic carbocycles. The van der Waals surface area contributed by atoms with E-state index in [-0.39, 0.29) is 11.8 Å². The van der Waals surface area contributed by atoms with Crippen molar-refractivity contribution in [2.45, 2.75) is 13.5 Å². The molecular weight excluding hydrogens is 432 g/mol. The van der Waals surface area contributed by atoms with E-state index in [0.717, 1.165) is 5.56 Å². The molecule has 0 heterocycles. The molecule has 3 aromatic rings. The molecule has 2 N–H and O–H groups in total. The number of carbonyl (C=O) groups is 2. The molecule has 0 saturated heterocycles. The van der Waals surface area contributed by atoms with Crippen LogP contribution in [-0.2, 0) is 11.4 Å². The minimum Gasteiger partial charge on any atom is -0.495 e. The summed E-state index contributed by atoms with van der Waals surface area (Å²) in [5, 5.41) is 6.13. The fourth-order valence-electron chi connectivity index (χ4n) is 2.95. The van der Waals surface area contributed by atoms with Crippen LogP contribution in [0.4, 0.5) is 11.4 Å². The van der Waals surface area contributed by atoms with Crippen molar-refractivity contribution in [3.8, 4) is 17.2 Å². The maximum atomic E-state index is 12.8. The minimum absolute atomic E-state index is 0.216. The molecule has 0 unspecified atom stereocenters. The highest BCUT2D eigenvalue weighted by molar-refractivity contribution is 6.30. The third kappa shape index (κ3) is 5.92. The SMILES string of the molecule is COc1ccc(NC(C)=O)cc1NC(=O)c1ccc(OCc2ccc(Cl)cc2)c(OC)c1. The fourth-order valence-corrected chi connectivity index (χ4v) is 3.08. The summed E-state index contributed by atoms with van der Waals surface area (Å²) in [6.45, 7) is 1.73. The van der Waals surface area contributed by atoms with E-state index in [2.05, 4.69) is 10.6 Å². The number of methoxy groups -OCH3 is 2. The van der Waals surface area contributed by atoms with E-state index in [4.69, 9.17) is 25.8 Å². The van der Waals surface area contributed by atoms with Crippen molar-refractivity contribution in [3.05, 3.63) is 76.8 Å². The van der Waals surface area contributed by atoms with Gasteiger partial charge in [-0.25, -0.2) is 0 Å². The number of amides is 2. The van der Waals surface area contributed by atoms with Gasteiger partial charge in [0.15, 0.2) is 11.5 Å². The van der Waals surface area contributed by atoms with Crippen LogP contribution in [0, 0.1) is 0 Å². The van der Waals surface area contributed by atoms with Gasteiger partial charge in [0.05, 0.1) is 19.9 Å². The third-order valence-electron chi connectivity index (χ3n) is 4.50. The van der Waals surface area contributed by atoms with E-state index in [1.54, 1.807) is 48.5 Å². The fraction of sp³-hybridized carbons (Fsp3) is 0.167. The van der Waals surface area contributed by atoms with Crippen molar-refractivity contribution in [1.29, 1.82) is 0 Å². The first-order valence-corrected chi connectivity index (χ1v) is 10.1. The number of anilines is 2. The zero-order valence-electron chi connectivity index (χ0n) is 17.9. The molecule has 0 spiro atoms. The molecule has 166 valence electrons. The van der Waals surface area contributed by atoms with Crippen LogP contribution in [0.25, 0.3) is 0 Å². The molecule has 32 heavy (non-hydrogen) atoms. The summed E-state index contributed by atoms with van der Waals surface area (Å²) in [6.07, 6.45) is 0. The lowest BCUT2D eigenvalue weighted by Gasteiger charge is -2.14. The summed E-state index contributed by atoms with van der Waals surface area (Å²) in [6, 6.07) is 17.2. The lowest BCUT2D eigenvalue weighted by atomic mass is 10.1. The normalized spacial score (nSPS) is 10.2. The van der Waals surface area contributed by atoms with Gasteiger partial charge in [0.1, 0.15) is 12.4 Å². The number of nitrogens with one attached hydrogen (secondary N) is 2. The summed E-state index contributed by atoms with van der Waals surface area (Å²) >= 11 is 5.91. The van der Waals surface area contributed by atoms with Gasteiger partial charge in [-0.15, -0.1) is 0 Å². The second-order valence-corrected chi connectivity index (χ2v) is 7.27. The average Bonchev–Trinajstić information content (AvgIpc) is 2.78. The van der Waals surface area contributed by atoms with Gasteiger partial charge in [0, 0.05) is 23.2 Å². The Labute approximate surface area is 191 Å². The van der Waals surface area contributed by atoms with Crippen molar-refractivity contribution >= 4 is 34.8 Å². The first-order valence-electron chi connectivity index (χ1n) is 9.72. The Morgan fingerprint density at radius 3 is 2.19 bits per heavy atom. The van der Waals surface area contributed by atoms with Gasteiger partial charge in [-0.2, -0.15) is 0 Å². The zero-order chi connectivity index (χ0) is 23.1. The quantitative estimate of drug-likeness (QED) is 0.491. The molecule has 0 radical (unpaired) electrons. The average molecular weight is 455 g/mol. The topological polar surface area (TPSA) is 85.9 Å². The molecule has 3 rings (SSSR count). The van der Waals surface area contributed by atoms with Crippen LogP contribution in [0.5, 0.6) is 17.2 Å². The predicted molar refractivity (Wildman–Crippen MR) is 124 cm³/mol. The number of ether oxygens (including phenoxy) is 3. The summed E-state index contributed by atoms with van der Waals surface area (Å²) in [5.74, 6) is 0.800. The maximum Gasteiger partial charge on any atom is 0.255 e. The Morgan fingerprint density at radius 1 is 0.844 bits per heavy atom. The molecule has 0 aromatic heterocycles. The first kappa shape index (κ1) is 23.0. The van der Waals surface area contributed by atoms with Gasteiger partial charge >= 0.3 is 0 Å². The number of hydrogen-bond acceptors (Lipinski definition) is 5. The second kappa shape index (κ2) is 10.5. The number of hydrogen-bond donors (Lipinski definition) is 2. The van der Waals surface area contributed by atoms with Gasteiger partial charge in [0.25, 0.3) is 5.91 Å². The Kier molecular flexibility index (Phi) is 7.57. The van der Waals surface area contributed by atoms with Gasteiger partial charge in [-0.1, -0.05) is 23.7 Å². The summed E-state index contributed by atoms with van der Waals surface area (Å²) in [4.78, 5) is 24.2. The van der Waals surface area contributed by atoms with Crippen LogP contribution >= 0.6 is 11.6 Å². The number of rotatable bonds is 8. The minimum atomic E-state index is -0.370. The Bertz CT molecular complexity index is 1120. The van der Waals surface area contributed by atoms with Crippen LogP contribution in [-0.4, -0.2) is 26.0 Å². The third-order valence-corrected chi connectivity index (χ3v) is 4.75.